The van der Waals surface area contributed by atoms with Gasteiger partial charge in [0.05, 0.1) is 29.2 Å². The van der Waals surface area contributed by atoms with Gasteiger partial charge in [-0.25, -0.2) is 0 Å². The molecule has 0 saturated carbocycles. The van der Waals surface area contributed by atoms with Crippen molar-refractivity contribution in [2.45, 2.75) is 25.2 Å². The van der Waals surface area contributed by atoms with E-state index < -0.39 is 21.8 Å². The maximum Gasteiger partial charge on any atom is 0.314 e. The van der Waals surface area contributed by atoms with Gasteiger partial charge in [0.15, 0.2) is 5.79 Å². The lowest BCUT2D eigenvalue weighted by Gasteiger charge is -2.37. The number of nitro groups is 1. The maximum absolute atomic E-state index is 11.7. The second-order valence-corrected chi connectivity index (χ2v) is 6.58. The Morgan fingerprint density at radius 2 is 1.77 bits per heavy atom. The molecule has 2 N–H and O–H groups in total. The number of rotatable bonds is 3. The summed E-state index contributed by atoms with van der Waals surface area (Å²) in [5.41, 5.74) is -0.501. The molecule has 10 nitrogen and oxygen atoms in total. The molecular weight excluding hydrogens is 344 g/mol. The zero-order valence-corrected chi connectivity index (χ0v) is 13.9. The molecule has 4 rings (SSSR count). The minimum absolute atomic E-state index is 0.133. The summed E-state index contributed by atoms with van der Waals surface area (Å²) in [5, 5.41) is 11.2. The minimum Gasteiger partial charge on any atom is -0.347 e. The number of nitrogens with one attached hydrogen (secondary N) is 2. The lowest BCUT2D eigenvalue weighted by Crippen LogP contribution is -2.44. The molecule has 0 bridgehead atoms. The molecule has 0 amide bonds. The molecule has 10 heteroatoms. The molecule has 2 fully saturated rings. The largest absolute Gasteiger partial charge is 0.347 e. The number of benzene rings is 1. The molecule has 0 unspecified atom stereocenters. The second-order valence-electron chi connectivity index (χ2n) is 6.58. The standard InChI is InChI=1S/C16H18N4O6/c21-14-15(22)18-13-10(7-11(20(23)24)8-12(13)17-14)9-19-3-1-16(2-4-19)25-5-6-26-16/h7-8H,1-6,9H2,(H,17,21)(H,18,22). The van der Waals surface area contributed by atoms with Crippen LogP contribution in [0.15, 0.2) is 21.7 Å². The molecule has 0 radical (unpaired) electrons. The molecular formula is C16H18N4O6. The predicted molar refractivity (Wildman–Crippen MR) is 91.0 cm³/mol. The fraction of sp³-hybridized carbons (Fsp3) is 0.500. The molecule has 2 saturated heterocycles. The summed E-state index contributed by atoms with van der Waals surface area (Å²) in [7, 11) is 0. The van der Waals surface area contributed by atoms with E-state index in [0.29, 0.717) is 56.8 Å². The summed E-state index contributed by atoms with van der Waals surface area (Å²) in [6.45, 7) is 3.03. The normalized spacial score (nSPS) is 20.0. The summed E-state index contributed by atoms with van der Waals surface area (Å²) in [5.74, 6) is -0.499. The van der Waals surface area contributed by atoms with Crippen LogP contribution in [0.4, 0.5) is 5.69 Å². The van der Waals surface area contributed by atoms with E-state index in [4.69, 9.17) is 9.47 Å². The molecule has 1 spiro atoms. The smallest absolute Gasteiger partial charge is 0.314 e. The fourth-order valence-electron chi connectivity index (χ4n) is 3.59. The monoisotopic (exact) mass is 362 g/mol. The highest BCUT2D eigenvalue weighted by molar-refractivity contribution is 5.80. The average Bonchev–Trinajstić information content (AvgIpc) is 3.06. The quantitative estimate of drug-likeness (QED) is 0.461. The van der Waals surface area contributed by atoms with Crippen molar-refractivity contribution in [3.05, 3.63) is 48.5 Å². The number of ether oxygens (including phenoxy) is 2. The van der Waals surface area contributed by atoms with Gasteiger partial charge < -0.3 is 19.4 Å². The molecule has 138 valence electrons. The molecule has 26 heavy (non-hydrogen) atoms. The van der Waals surface area contributed by atoms with Gasteiger partial charge in [-0.1, -0.05) is 0 Å². The molecule has 1 aromatic carbocycles. The summed E-state index contributed by atoms with van der Waals surface area (Å²) < 4.78 is 11.4. The third-order valence-electron chi connectivity index (χ3n) is 4.93. The number of fused-ring (bicyclic) bond motifs is 1. The van der Waals surface area contributed by atoms with E-state index >= 15 is 0 Å². The number of hydrogen-bond acceptors (Lipinski definition) is 7. The Balaban J connectivity index is 1.65. The van der Waals surface area contributed by atoms with Crippen LogP contribution in [0.2, 0.25) is 0 Å². The third-order valence-corrected chi connectivity index (χ3v) is 4.93. The Labute approximate surface area is 146 Å². The Morgan fingerprint density at radius 1 is 1.12 bits per heavy atom. The SMILES string of the molecule is O=c1[nH]c2cc([N+](=O)[O-])cc(CN3CCC4(CC3)OCCO4)c2[nH]c1=O. The van der Waals surface area contributed by atoms with Crippen LogP contribution in [0, 0.1) is 10.1 Å². The van der Waals surface area contributed by atoms with Crippen molar-refractivity contribution in [2.75, 3.05) is 26.3 Å². The number of piperidine rings is 1. The van der Waals surface area contributed by atoms with Crippen molar-refractivity contribution >= 4 is 16.7 Å². The topological polar surface area (TPSA) is 131 Å². The van der Waals surface area contributed by atoms with Crippen LogP contribution in [0.5, 0.6) is 0 Å². The number of aromatic amines is 2. The first-order valence-electron chi connectivity index (χ1n) is 8.40. The lowest BCUT2D eigenvalue weighted by atomic mass is 10.0. The molecule has 2 aliphatic heterocycles. The van der Waals surface area contributed by atoms with Gasteiger partial charge in [-0.3, -0.25) is 24.6 Å². The molecule has 0 atom stereocenters. The first-order chi connectivity index (χ1) is 12.5. The third kappa shape index (κ3) is 3.02. The van der Waals surface area contributed by atoms with Gasteiger partial charge in [0.2, 0.25) is 0 Å². The Hall–Kier alpha value is -2.56. The number of hydrogen-bond donors (Lipinski definition) is 2. The van der Waals surface area contributed by atoms with Crippen molar-refractivity contribution in [1.29, 1.82) is 0 Å². The maximum atomic E-state index is 11.7. The highest BCUT2D eigenvalue weighted by Crippen LogP contribution is 2.32. The second kappa shape index (κ2) is 6.31. The summed E-state index contributed by atoms with van der Waals surface area (Å²) in [6.07, 6.45) is 1.43. The van der Waals surface area contributed by atoms with E-state index in [-0.39, 0.29) is 11.2 Å². The Bertz CT molecular complexity index is 965. The number of nitrogens with zero attached hydrogens (tertiary/aromatic N) is 2. The number of likely N-dealkylation sites (tertiary alicyclic amines) is 1. The molecule has 3 heterocycles. The zero-order valence-electron chi connectivity index (χ0n) is 13.9. The predicted octanol–water partition coefficient (Wildman–Crippen LogP) is 0.464. The van der Waals surface area contributed by atoms with Gasteiger partial charge >= 0.3 is 11.1 Å². The average molecular weight is 362 g/mol. The van der Waals surface area contributed by atoms with Crippen LogP contribution in [0.3, 0.4) is 0 Å². The van der Waals surface area contributed by atoms with Crippen LogP contribution >= 0.6 is 0 Å². The van der Waals surface area contributed by atoms with E-state index in [1.54, 1.807) is 0 Å². The Kier molecular flexibility index (Phi) is 4.10. The zero-order chi connectivity index (χ0) is 18.3. The fourth-order valence-corrected chi connectivity index (χ4v) is 3.59. The van der Waals surface area contributed by atoms with Crippen LogP contribution in [0.1, 0.15) is 18.4 Å². The highest BCUT2D eigenvalue weighted by Gasteiger charge is 2.39. The van der Waals surface area contributed by atoms with Gasteiger partial charge in [0.1, 0.15) is 0 Å². The molecule has 1 aromatic heterocycles. The number of H-pyrrole nitrogens is 2. The van der Waals surface area contributed by atoms with Crippen molar-refractivity contribution in [1.82, 2.24) is 14.9 Å². The number of nitro benzene ring substituents is 1. The van der Waals surface area contributed by atoms with Crippen LogP contribution in [-0.2, 0) is 16.0 Å². The van der Waals surface area contributed by atoms with Gasteiger partial charge in [0, 0.05) is 44.6 Å². The van der Waals surface area contributed by atoms with Gasteiger partial charge in [-0.2, -0.15) is 0 Å². The van der Waals surface area contributed by atoms with E-state index in [9.17, 15) is 19.7 Å². The van der Waals surface area contributed by atoms with E-state index in [0.717, 1.165) is 0 Å². The van der Waals surface area contributed by atoms with Crippen molar-refractivity contribution in [2.24, 2.45) is 0 Å². The summed E-state index contributed by atoms with van der Waals surface area (Å²) in [6, 6.07) is 2.69. The van der Waals surface area contributed by atoms with Gasteiger partial charge in [-0.15, -0.1) is 0 Å². The molecule has 0 aliphatic carbocycles. The van der Waals surface area contributed by atoms with Crippen LogP contribution < -0.4 is 11.1 Å². The van der Waals surface area contributed by atoms with E-state index in [1.807, 2.05) is 0 Å². The van der Waals surface area contributed by atoms with Gasteiger partial charge in [-0.05, 0) is 5.56 Å². The first kappa shape index (κ1) is 16.9. The lowest BCUT2D eigenvalue weighted by molar-refractivity contribution is -0.384. The van der Waals surface area contributed by atoms with Crippen molar-refractivity contribution in [3.63, 3.8) is 0 Å². The summed E-state index contributed by atoms with van der Waals surface area (Å²) >= 11 is 0. The van der Waals surface area contributed by atoms with Crippen molar-refractivity contribution in [3.8, 4) is 0 Å². The molecule has 2 aliphatic rings. The van der Waals surface area contributed by atoms with Crippen LogP contribution in [0.25, 0.3) is 11.0 Å². The minimum atomic E-state index is -0.834. The number of aromatic nitrogens is 2. The van der Waals surface area contributed by atoms with Crippen molar-refractivity contribution < 1.29 is 14.4 Å². The number of non-ortho nitro benzene ring substituents is 1. The van der Waals surface area contributed by atoms with Gasteiger partial charge in [0.25, 0.3) is 5.69 Å². The van der Waals surface area contributed by atoms with E-state index in [2.05, 4.69) is 14.9 Å². The van der Waals surface area contributed by atoms with Crippen LogP contribution in [-0.4, -0.2) is 51.9 Å². The molecule has 2 aromatic rings. The highest BCUT2D eigenvalue weighted by atomic mass is 16.7. The van der Waals surface area contributed by atoms with E-state index in [1.165, 1.54) is 12.1 Å². The summed E-state index contributed by atoms with van der Waals surface area (Å²) in [4.78, 5) is 41.0. The first-order valence-corrected chi connectivity index (χ1v) is 8.40. The Morgan fingerprint density at radius 3 is 2.42 bits per heavy atom.